The molecule has 0 saturated heterocycles. The summed E-state index contributed by atoms with van der Waals surface area (Å²) in [6.45, 7) is 4.48. The molecule has 0 fully saturated rings. The summed E-state index contributed by atoms with van der Waals surface area (Å²) in [7, 11) is 3.32. The van der Waals surface area contributed by atoms with Crippen molar-refractivity contribution in [3.8, 4) is 11.5 Å². The number of methoxy groups -OCH3 is 2. The predicted octanol–water partition coefficient (Wildman–Crippen LogP) is 2.25. The van der Waals surface area contributed by atoms with Gasteiger partial charge < -0.3 is 15.2 Å². The number of rotatable bonds is 4. The Labute approximate surface area is 102 Å². The average Bonchev–Trinajstić information content (AvgIpc) is 2.31. The molecule has 0 amide bonds. The van der Waals surface area contributed by atoms with Crippen molar-refractivity contribution in [2.75, 3.05) is 20.8 Å². The molecule has 16 heavy (non-hydrogen) atoms. The first-order valence-corrected chi connectivity index (χ1v) is 5.68. The van der Waals surface area contributed by atoms with Gasteiger partial charge in [0.2, 0.25) is 0 Å². The van der Waals surface area contributed by atoms with Gasteiger partial charge in [-0.25, -0.2) is 0 Å². The van der Waals surface area contributed by atoms with E-state index in [4.69, 9.17) is 15.2 Å². The number of hydrogen-bond acceptors (Lipinski definition) is 4. The summed E-state index contributed by atoms with van der Waals surface area (Å²) in [6.07, 6.45) is 0. The van der Waals surface area contributed by atoms with Gasteiger partial charge in [-0.2, -0.15) is 12.6 Å². The third-order valence-electron chi connectivity index (χ3n) is 2.83. The first kappa shape index (κ1) is 13.2. The molecule has 1 atom stereocenters. The molecule has 0 radical (unpaired) electrons. The molecule has 0 aliphatic carbocycles. The van der Waals surface area contributed by atoms with Crippen molar-refractivity contribution in [2.24, 2.45) is 5.73 Å². The van der Waals surface area contributed by atoms with E-state index in [1.54, 1.807) is 14.2 Å². The Kier molecular flexibility index (Phi) is 4.50. The minimum Gasteiger partial charge on any atom is -0.496 e. The summed E-state index contributed by atoms with van der Waals surface area (Å²) < 4.78 is 10.7. The van der Waals surface area contributed by atoms with E-state index in [1.165, 1.54) is 0 Å². The van der Waals surface area contributed by atoms with Gasteiger partial charge >= 0.3 is 0 Å². The molecule has 1 unspecified atom stereocenters. The standard InChI is InChI=1S/C12H19NO2S/c1-7-8(2)12(15-4)9(11(16)6-13)5-10(7)14-3/h5,11,16H,6,13H2,1-4H3. The molecule has 3 nitrogen and oxygen atoms in total. The summed E-state index contributed by atoms with van der Waals surface area (Å²) in [4.78, 5) is 0. The van der Waals surface area contributed by atoms with Crippen LogP contribution in [0.2, 0.25) is 0 Å². The second-order valence-electron chi connectivity index (χ2n) is 3.70. The molecular weight excluding hydrogens is 222 g/mol. The van der Waals surface area contributed by atoms with Crippen molar-refractivity contribution in [3.63, 3.8) is 0 Å². The highest BCUT2D eigenvalue weighted by atomic mass is 32.1. The van der Waals surface area contributed by atoms with Crippen LogP contribution in [0.4, 0.5) is 0 Å². The second-order valence-corrected chi connectivity index (χ2v) is 4.33. The Bertz CT molecular complexity index is 380. The predicted molar refractivity (Wildman–Crippen MR) is 69.8 cm³/mol. The monoisotopic (exact) mass is 241 g/mol. The van der Waals surface area contributed by atoms with Crippen LogP contribution >= 0.6 is 12.6 Å². The molecule has 0 aromatic heterocycles. The lowest BCUT2D eigenvalue weighted by Gasteiger charge is -2.19. The van der Waals surface area contributed by atoms with Gasteiger partial charge in [0.05, 0.1) is 14.2 Å². The first-order chi connectivity index (χ1) is 7.56. The molecule has 0 saturated carbocycles. The second kappa shape index (κ2) is 5.46. The summed E-state index contributed by atoms with van der Waals surface area (Å²) in [5.41, 5.74) is 8.77. The molecule has 1 aromatic carbocycles. The van der Waals surface area contributed by atoms with E-state index >= 15 is 0 Å². The molecule has 0 spiro atoms. The topological polar surface area (TPSA) is 44.5 Å². The normalized spacial score (nSPS) is 12.4. The Morgan fingerprint density at radius 1 is 1.25 bits per heavy atom. The SMILES string of the molecule is COc1cc(C(S)CN)c(OC)c(C)c1C. The molecule has 1 rings (SSSR count). The van der Waals surface area contributed by atoms with Crippen molar-refractivity contribution >= 4 is 12.6 Å². The lowest BCUT2D eigenvalue weighted by Crippen LogP contribution is -2.10. The van der Waals surface area contributed by atoms with Gasteiger partial charge in [-0.3, -0.25) is 0 Å². The number of nitrogens with two attached hydrogens (primary N) is 1. The van der Waals surface area contributed by atoms with Crippen LogP contribution in [0.1, 0.15) is 21.9 Å². The molecule has 0 heterocycles. The molecule has 2 N–H and O–H groups in total. The number of thiol groups is 1. The summed E-state index contributed by atoms with van der Waals surface area (Å²) in [6, 6.07) is 1.95. The number of hydrogen-bond donors (Lipinski definition) is 2. The average molecular weight is 241 g/mol. The fourth-order valence-electron chi connectivity index (χ4n) is 1.74. The van der Waals surface area contributed by atoms with Crippen molar-refractivity contribution in [1.29, 1.82) is 0 Å². The zero-order valence-corrected chi connectivity index (χ0v) is 11.1. The van der Waals surface area contributed by atoms with Crippen LogP contribution in [0.5, 0.6) is 11.5 Å². The van der Waals surface area contributed by atoms with E-state index in [9.17, 15) is 0 Å². The van der Waals surface area contributed by atoms with Gasteiger partial charge in [0.15, 0.2) is 0 Å². The van der Waals surface area contributed by atoms with Crippen LogP contribution in [0, 0.1) is 13.8 Å². The van der Waals surface area contributed by atoms with Crippen molar-refractivity contribution in [1.82, 2.24) is 0 Å². The van der Waals surface area contributed by atoms with E-state index < -0.39 is 0 Å². The van der Waals surface area contributed by atoms with Gasteiger partial charge in [0, 0.05) is 17.4 Å². The molecular formula is C12H19NO2S. The maximum absolute atomic E-state index is 5.63. The van der Waals surface area contributed by atoms with Crippen molar-refractivity contribution < 1.29 is 9.47 Å². The largest absolute Gasteiger partial charge is 0.496 e. The quantitative estimate of drug-likeness (QED) is 0.795. The molecule has 1 aromatic rings. The van der Waals surface area contributed by atoms with Gasteiger partial charge in [0.1, 0.15) is 11.5 Å². The fraction of sp³-hybridized carbons (Fsp3) is 0.500. The molecule has 90 valence electrons. The summed E-state index contributed by atoms with van der Waals surface area (Å²) in [5, 5.41) is -0.0388. The molecule has 0 aliphatic heterocycles. The maximum atomic E-state index is 5.63. The van der Waals surface area contributed by atoms with Crippen LogP contribution < -0.4 is 15.2 Å². The van der Waals surface area contributed by atoms with Crippen LogP contribution in [0.15, 0.2) is 6.07 Å². The Hall–Kier alpha value is -0.870. The van der Waals surface area contributed by atoms with E-state index in [2.05, 4.69) is 12.6 Å². The fourth-order valence-corrected chi connectivity index (χ4v) is 1.94. The summed E-state index contributed by atoms with van der Waals surface area (Å²) >= 11 is 4.45. The minimum atomic E-state index is -0.0388. The van der Waals surface area contributed by atoms with E-state index in [1.807, 2.05) is 19.9 Å². The van der Waals surface area contributed by atoms with Crippen molar-refractivity contribution in [3.05, 3.63) is 22.8 Å². The minimum absolute atomic E-state index is 0.0388. The number of ether oxygens (including phenoxy) is 2. The van der Waals surface area contributed by atoms with Crippen LogP contribution in [0.3, 0.4) is 0 Å². The Balaban J connectivity index is 3.40. The summed E-state index contributed by atoms with van der Waals surface area (Å²) in [5.74, 6) is 1.70. The Morgan fingerprint density at radius 3 is 2.31 bits per heavy atom. The van der Waals surface area contributed by atoms with Gasteiger partial charge in [0.25, 0.3) is 0 Å². The lowest BCUT2D eigenvalue weighted by atomic mass is 10.0. The van der Waals surface area contributed by atoms with Crippen LogP contribution in [0.25, 0.3) is 0 Å². The first-order valence-electron chi connectivity index (χ1n) is 5.17. The molecule has 4 heteroatoms. The third-order valence-corrected chi connectivity index (χ3v) is 3.32. The zero-order chi connectivity index (χ0) is 12.3. The highest BCUT2D eigenvalue weighted by Crippen LogP contribution is 2.38. The number of benzene rings is 1. The maximum Gasteiger partial charge on any atom is 0.126 e. The van der Waals surface area contributed by atoms with E-state index in [-0.39, 0.29) is 5.25 Å². The third kappa shape index (κ3) is 2.28. The molecule has 0 aliphatic rings. The van der Waals surface area contributed by atoms with Crippen LogP contribution in [-0.2, 0) is 0 Å². The zero-order valence-electron chi connectivity index (χ0n) is 10.2. The highest BCUT2D eigenvalue weighted by molar-refractivity contribution is 7.80. The smallest absolute Gasteiger partial charge is 0.126 e. The van der Waals surface area contributed by atoms with Gasteiger partial charge in [-0.05, 0) is 31.0 Å². The lowest BCUT2D eigenvalue weighted by molar-refractivity contribution is 0.393. The molecule has 0 bridgehead atoms. The van der Waals surface area contributed by atoms with Gasteiger partial charge in [-0.15, -0.1) is 0 Å². The van der Waals surface area contributed by atoms with Gasteiger partial charge in [-0.1, -0.05) is 0 Å². The van der Waals surface area contributed by atoms with E-state index in [0.717, 1.165) is 28.2 Å². The van der Waals surface area contributed by atoms with E-state index in [0.29, 0.717) is 6.54 Å². The van der Waals surface area contributed by atoms with Crippen molar-refractivity contribution in [2.45, 2.75) is 19.1 Å². The Morgan fingerprint density at radius 2 is 1.88 bits per heavy atom. The van der Waals surface area contributed by atoms with Crippen LogP contribution in [-0.4, -0.2) is 20.8 Å². The highest BCUT2D eigenvalue weighted by Gasteiger charge is 2.17.